The Morgan fingerprint density at radius 3 is 2.53 bits per heavy atom. The maximum absolute atomic E-state index is 13.7. The first-order valence-corrected chi connectivity index (χ1v) is 6.72. The average molecular weight is 265 g/mol. The van der Waals surface area contributed by atoms with E-state index in [1.165, 1.54) is 6.07 Å². The lowest BCUT2D eigenvalue weighted by Gasteiger charge is -2.40. The molecule has 19 heavy (non-hydrogen) atoms. The van der Waals surface area contributed by atoms with Gasteiger partial charge in [-0.2, -0.15) is 0 Å². The molecule has 2 rings (SSSR count). The van der Waals surface area contributed by atoms with Crippen LogP contribution in [0.2, 0.25) is 0 Å². The lowest BCUT2D eigenvalue weighted by molar-refractivity contribution is -0.135. The van der Waals surface area contributed by atoms with E-state index in [4.69, 9.17) is 0 Å². The van der Waals surface area contributed by atoms with Crippen LogP contribution >= 0.6 is 0 Å². The van der Waals surface area contributed by atoms with Crippen molar-refractivity contribution in [1.29, 1.82) is 0 Å². The van der Waals surface area contributed by atoms with Gasteiger partial charge in [-0.05, 0) is 18.6 Å². The molecule has 0 unspecified atom stereocenters. The second-order valence-electron chi connectivity index (χ2n) is 4.66. The Morgan fingerprint density at radius 2 is 1.95 bits per heavy atom. The number of hydrogen-bond acceptors (Lipinski definition) is 3. The summed E-state index contributed by atoms with van der Waals surface area (Å²) >= 11 is 0. The highest BCUT2D eigenvalue weighted by Crippen LogP contribution is 2.20. The fraction of sp³-hybridized carbons (Fsp3) is 0.500. The number of carbonyl (C=O) groups is 1. The van der Waals surface area contributed by atoms with Crippen molar-refractivity contribution in [3.05, 3.63) is 30.1 Å². The van der Waals surface area contributed by atoms with Crippen molar-refractivity contribution in [2.45, 2.75) is 13.3 Å². The van der Waals surface area contributed by atoms with Crippen molar-refractivity contribution in [2.75, 3.05) is 37.6 Å². The van der Waals surface area contributed by atoms with Gasteiger partial charge >= 0.3 is 0 Å². The highest BCUT2D eigenvalue weighted by Gasteiger charge is 2.22. The Hall–Kier alpha value is -1.62. The zero-order valence-corrected chi connectivity index (χ0v) is 11.3. The Balaban J connectivity index is 1.95. The van der Waals surface area contributed by atoms with E-state index in [0.29, 0.717) is 5.69 Å². The van der Waals surface area contributed by atoms with Gasteiger partial charge in [-0.25, -0.2) is 9.40 Å². The number of carbonyl (C=O) groups excluding carboxylic acids is 1. The van der Waals surface area contributed by atoms with E-state index in [1.54, 1.807) is 17.1 Å². The van der Waals surface area contributed by atoms with Gasteiger partial charge in [0.25, 0.3) is 0 Å². The average Bonchev–Trinajstić information content (AvgIpc) is 2.46. The van der Waals surface area contributed by atoms with Crippen LogP contribution in [0.4, 0.5) is 10.1 Å². The number of anilines is 1. The molecule has 5 heteroatoms. The van der Waals surface area contributed by atoms with Crippen LogP contribution < -0.4 is 4.90 Å². The molecule has 4 nitrogen and oxygen atoms in total. The number of benzene rings is 1. The molecule has 104 valence electrons. The second kappa shape index (κ2) is 6.52. The third-order valence-corrected chi connectivity index (χ3v) is 3.39. The van der Waals surface area contributed by atoms with Gasteiger partial charge in [0.1, 0.15) is 5.82 Å². The van der Waals surface area contributed by atoms with Crippen LogP contribution in [-0.2, 0) is 4.79 Å². The van der Waals surface area contributed by atoms with Crippen molar-refractivity contribution >= 4 is 12.1 Å². The summed E-state index contributed by atoms with van der Waals surface area (Å²) in [5, 5.41) is 3.76. The number of piperazine rings is 1. The van der Waals surface area contributed by atoms with Gasteiger partial charge in [0.05, 0.1) is 5.69 Å². The summed E-state index contributed by atoms with van der Waals surface area (Å²) in [6.45, 7) is 5.74. The second-order valence-corrected chi connectivity index (χ2v) is 4.66. The van der Waals surface area contributed by atoms with Gasteiger partial charge in [0.2, 0.25) is 6.41 Å². The Bertz CT molecular complexity index is 419. The Labute approximate surface area is 113 Å². The van der Waals surface area contributed by atoms with Crippen LogP contribution in [0.3, 0.4) is 0 Å². The molecule has 1 saturated heterocycles. The van der Waals surface area contributed by atoms with Gasteiger partial charge in [0.15, 0.2) is 0 Å². The highest BCUT2D eigenvalue weighted by atomic mass is 19.1. The summed E-state index contributed by atoms with van der Waals surface area (Å²) in [6, 6.07) is 6.83. The van der Waals surface area contributed by atoms with Crippen LogP contribution in [0.5, 0.6) is 0 Å². The van der Waals surface area contributed by atoms with Crippen LogP contribution in [0.15, 0.2) is 24.3 Å². The zero-order chi connectivity index (χ0) is 13.7. The van der Waals surface area contributed by atoms with Crippen molar-refractivity contribution in [3.8, 4) is 0 Å². The molecule has 0 radical (unpaired) electrons. The van der Waals surface area contributed by atoms with Gasteiger partial charge in [0, 0.05) is 32.7 Å². The van der Waals surface area contributed by atoms with Crippen LogP contribution in [-0.4, -0.2) is 49.2 Å². The molecular formula is C14H20FN3O. The van der Waals surface area contributed by atoms with E-state index in [9.17, 15) is 9.18 Å². The molecule has 0 N–H and O–H groups in total. The number of para-hydroxylation sites is 1. The molecule has 1 fully saturated rings. The zero-order valence-electron chi connectivity index (χ0n) is 11.3. The molecule has 1 heterocycles. The third kappa shape index (κ3) is 3.23. The fourth-order valence-corrected chi connectivity index (χ4v) is 2.39. The summed E-state index contributed by atoms with van der Waals surface area (Å²) in [4.78, 5) is 13.0. The maximum atomic E-state index is 13.7. The number of halogens is 1. The Morgan fingerprint density at radius 1 is 1.26 bits per heavy atom. The molecule has 0 saturated carbocycles. The predicted molar refractivity (Wildman–Crippen MR) is 73.2 cm³/mol. The summed E-state index contributed by atoms with van der Waals surface area (Å²) in [6.07, 6.45) is 1.81. The summed E-state index contributed by atoms with van der Waals surface area (Å²) in [5.74, 6) is -0.184. The molecule has 0 aliphatic carbocycles. The molecule has 0 aromatic heterocycles. The van der Waals surface area contributed by atoms with Gasteiger partial charge in [-0.1, -0.05) is 19.1 Å². The van der Waals surface area contributed by atoms with E-state index in [0.717, 1.165) is 45.6 Å². The van der Waals surface area contributed by atoms with Crippen LogP contribution in [0, 0.1) is 5.82 Å². The quantitative estimate of drug-likeness (QED) is 0.759. The minimum atomic E-state index is -0.184. The van der Waals surface area contributed by atoms with Gasteiger partial charge in [-0.15, -0.1) is 0 Å². The molecule has 1 aliphatic heterocycles. The summed E-state index contributed by atoms with van der Waals surface area (Å²) in [5.41, 5.74) is 0.648. The summed E-state index contributed by atoms with van der Waals surface area (Å²) < 4.78 is 13.7. The van der Waals surface area contributed by atoms with E-state index < -0.39 is 0 Å². The maximum Gasteiger partial charge on any atom is 0.224 e. The molecule has 0 bridgehead atoms. The van der Waals surface area contributed by atoms with Crippen molar-refractivity contribution in [2.24, 2.45) is 0 Å². The van der Waals surface area contributed by atoms with E-state index in [-0.39, 0.29) is 5.82 Å². The highest BCUT2D eigenvalue weighted by molar-refractivity contribution is 5.49. The van der Waals surface area contributed by atoms with Crippen LogP contribution in [0.1, 0.15) is 13.3 Å². The minimum Gasteiger partial charge on any atom is -0.366 e. The van der Waals surface area contributed by atoms with Gasteiger partial charge < -0.3 is 4.90 Å². The molecular weight excluding hydrogens is 245 g/mol. The molecule has 1 aromatic carbocycles. The first-order chi connectivity index (χ1) is 9.26. The standard InChI is InChI=1S/C14H20FN3O/c1-2-7-18(12-19)17-10-8-16(9-11-17)14-6-4-3-5-13(14)15/h3-6,12H,2,7-11H2,1H3. The number of amides is 1. The number of hydrogen-bond donors (Lipinski definition) is 0. The first-order valence-electron chi connectivity index (χ1n) is 6.72. The van der Waals surface area contributed by atoms with Crippen LogP contribution in [0.25, 0.3) is 0 Å². The largest absolute Gasteiger partial charge is 0.366 e. The topological polar surface area (TPSA) is 26.8 Å². The lowest BCUT2D eigenvalue weighted by Crippen LogP contribution is -2.53. The van der Waals surface area contributed by atoms with Gasteiger partial charge in [-0.3, -0.25) is 9.80 Å². The smallest absolute Gasteiger partial charge is 0.224 e. The molecule has 1 aliphatic rings. The van der Waals surface area contributed by atoms with E-state index in [2.05, 4.69) is 0 Å². The number of hydrazine groups is 1. The van der Waals surface area contributed by atoms with Crippen molar-refractivity contribution < 1.29 is 9.18 Å². The normalized spacial score (nSPS) is 16.4. The molecule has 1 aromatic rings. The predicted octanol–water partition coefficient (Wildman–Crippen LogP) is 1.73. The van der Waals surface area contributed by atoms with Crippen molar-refractivity contribution in [3.63, 3.8) is 0 Å². The Kier molecular flexibility index (Phi) is 4.74. The minimum absolute atomic E-state index is 0.184. The number of rotatable bonds is 5. The monoisotopic (exact) mass is 265 g/mol. The van der Waals surface area contributed by atoms with E-state index >= 15 is 0 Å². The number of nitrogens with zero attached hydrogens (tertiary/aromatic N) is 3. The third-order valence-electron chi connectivity index (χ3n) is 3.39. The first kappa shape index (κ1) is 13.8. The SMILES string of the molecule is CCCN(C=O)N1CCN(c2ccccc2F)CC1. The van der Waals surface area contributed by atoms with Crippen molar-refractivity contribution in [1.82, 2.24) is 10.0 Å². The fourth-order valence-electron chi connectivity index (χ4n) is 2.39. The lowest BCUT2D eigenvalue weighted by atomic mass is 10.2. The molecule has 0 atom stereocenters. The molecule has 0 spiro atoms. The van der Waals surface area contributed by atoms with E-state index in [1.807, 2.05) is 22.9 Å². The molecule has 1 amide bonds. The summed E-state index contributed by atoms with van der Waals surface area (Å²) in [7, 11) is 0.